The lowest BCUT2D eigenvalue weighted by Crippen LogP contribution is -2.53. The zero-order chi connectivity index (χ0) is 30.9. The van der Waals surface area contributed by atoms with Crippen LogP contribution in [-0.2, 0) is 23.1 Å². The lowest BCUT2D eigenvalue weighted by atomic mass is 9.59. The van der Waals surface area contributed by atoms with Crippen LogP contribution < -0.4 is 10.1 Å². The van der Waals surface area contributed by atoms with E-state index < -0.39 is 11.5 Å². The second kappa shape index (κ2) is 12.5. The Morgan fingerprint density at radius 2 is 1.80 bits per heavy atom. The average Bonchev–Trinajstić information content (AvgIpc) is 3.65. The number of benzene rings is 3. The smallest absolute Gasteiger partial charge is 0.329 e. The maximum absolute atomic E-state index is 12.9. The number of pyridine rings is 1. The molecule has 2 atom stereocenters. The fraction of sp³-hybridized carbons (Fsp3) is 0.316. The molecule has 0 bridgehead atoms. The SMILES string of the molecule is O=C(O)C1(Nc2cccc(Cl)c2)CCC2(CC1)c1ccccc1C[C@@H]2C[C@@H](COc1ccnc2ccsc12)Cc1ccccc1. The summed E-state index contributed by atoms with van der Waals surface area (Å²) in [5.41, 5.74) is 4.74. The number of thiophene rings is 1. The number of anilines is 1. The summed E-state index contributed by atoms with van der Waals surface area (Å²) in [6.45, 7) is 0.615. The molecule has 0 saturated heterocycles. The quantitative estimate of drug-likeness (QED) is 0.160. The van der Waals surface area contributed by atoms with E-state index in [-0.39, 0.29) is 5.41 Å². The number of carbonyl (C=O) groups is 1. The molecule has 0 aliphatic heterocycles. The van der Waals surface area contributed by atoms with E-state index in [0.717, 1.165) is 53.8 Å². The van der Waals surface area contributed by atoms with E-state index >= 15 is 0 Å². The number of nitrogens with one attached hydrogen (secondary N) is 1. The van der Waals surface area contributed by atoms with Gasteiger partial charge in [0.25, 0.3) is 0 Å². The Kier molecular flexibility index (Phi) is 8.28. The van der Waals surface area contributed by atoms with E-state index in [1.54, 1.807) is 11.3 Å². The number of ether oxygens (including phenoxy) is 1. The first-order valence-electron chi connectivity index (χ1n) is 15.8. The van der Waals surface area contributed by atoms with Crippen molar-refractivity contribution in [1.82, 2.24) is 4.98 Å². The molecule has 7 rings (SSSR count). The lowest BCUT2D eigenvalue weighted by Gasteiger charge is -2.47. The molecule has 1 saturated carbocycles. The molecule has 2 aliphatic carbocycles. The molecule has 2 aliphatic rings. The van der Waals surface area contributed by atoms with Crippen molar-refractivity contribution in [3.05, 3.63) is 124 Å². The van der Waals surface area contributed by atoms with Gasteiger partial charge in [0.1, 0.15) is 11.3 Å². The molecule has 5 aromatic rings. The van der Waals surface area contributed by atoms with Crippen LogP contribution in [0.2, 0.25) is 5.02 Å². The minimum atomic E-state index is -1.03. The third kappa shape index (κ3) is 5.94. The summed E-state index contributed by atoms with van der Waals surface area (Å²) >= 11 is 7.92. The Hall–Kier alpha value is -3.87. The molecule has 1 spiro atoms. The normalized spacial score (nSPS) is 23.1. The lowest BCUT2D eigenvalue weighted by molar-refractivity contribution is -0.144. The number of rotatable bonds is 10. The number of aliphatic carboxylic acids is 1. The minimum absolute atomic E-state index is 0.0713. The van der Waals surface area contributed by atoms with E-state index in [0.29, 0.717) is 36.3 Å². The van der Waals surface area contributed by atoms with Crippen LogP contribution in [0.1, 0.15) is 48.8 Å². The highest BCUT2D eigenvalue weighted by atomic mass is 35.5. The number of fused-ring (bicyclic) bond motifs is 3. The van der Waals surface area contributed by atoms with E-state index in [1.165, 1.54) is 16.7 Å². The molecule has 0 unspecified atom stereocenters. The second-order valence-electron chi connectivity index (χ2n) is 12.8. The fourth-order valence-electron chi connectivity index (χ4n) is 7.94. The van der Waals surface area contributed by atoms with Crippen molar-refractivity contribution in [2.75, 3.05) is 11.9 Å². The molecular weight excluding hydrogens is 600 g/mol. The van der Waals surface area contributed by atoms with Crippen LogP contribution in [0.4, 0.5) is 5.69 Å². The molecule has 45 heavy (non-hydrogen) atoms. The van der Waals surface area contributed by atoms with E-state index in [2.05, 4.69) is 70.3 Å². The summed E-state index contributed by atoms with van der Waals surface area (Å²) in [5, 5.41) is 16.6. The summed E-state index contributed by atoms with van der Waals surface area (Å²) in [5.74, 6) is 0.785. The van der Waals surface area contributed by atoms with Gasteiger partial charge in [0.15, 0.2) is 0 Å². The van der Waals surface area contributed by atoms with E-state index in [4.69, 9.17) is 16.3 Å². The number of hydrogen-bond acceptors (Lipinski definition) is 5. The van der Waals surface area contributed by atoms with Crippen LogP contribution in [0.25, 0.3) is 10.2 Å². The summed E-state index contributed by atoms with van der Waals surface area (Å²) in [6, 6.07) is 30.9. The Morgan fingerprint density at radius 3 is 2.60 bits per heavy atom. The van der Waals surface area contributed by atoms with Crippen molar-refractivity contribution in [2.45, 2.75) is 55.9 Å². The molecule has 2 N–H and O–H groups in total. The Morgan fingerprint density at radius 1 is 1.00 bits per heavy atom. The van der Waals surface area contributed by atoms with E-state index in [9.17, 15) is 9.90 Å². The van der Waals surface area contributed by atoms with Gasteiger partial charge in [-0.1, -0.05) is 72.3 Å². The van der Waals surface area contributed by atoms with Gasteiger partial charge in [-0.25, -0.2) is 4.79 Å². The third-order valence-corrected chi connectivity index (χ3v) is 11.3. The van der Waals surface area contributed by atoms with Crippen LogP contribution in [0.5, 0.6) is 5.75 Å². The number of carboxylic acid groups (broad SMARTS) is 1. The third-order valence-electron chi connectivity index (χ3n) is 10.2. The topological polar surface area (TPSA) is 71.5 Å². The Balaban J connectivity index is 1.16. The molecule has 2 heterocycles. The molecule has 7 heteroatoms. The highest BCUT2D eigenvalue weighted by Gasteiger charge is 2.54. The zero-order valence-corrected chi connectivity index (χ0v) is 26.7. The van der Waals surface area contributed by atoms with Crippen LogP contribution in [0, 0.1) is 11.8 Å². The van der Waals surface area contributed by atoms with Crippen molar-refractivity contribution >= 4 is 44.8 Å². The highest BCUT2D eigenvalue weighted by Crippen LogP contribution is 2.56. The predicted octanol–water partition coefficient (Wildman–Crippen LogP) is 9.20. The number of aromatic nitrogens is 1. The van der Waals surface area contributed by atoms with Crippen molar-refractivity contribution in [3.63, 3.8) is 0 Å². The van der Waals surface area contributed by atoms with Gasteiger partial charge in [0.2, 0.25) is 0 Å². The Labute approximate surface area is 273 Å². The van der Waals surface area contributed by atoms with Gasteiger partial charge in [-0.3, -0.25) is 4.98 Å². The van der Waals surface area contributed by atoms with Crippen LogP contribution in [0.15, 0.2) is 103 Å². The van der Waals surface area contributed by atoms with Crippen LogP contribution in [0.3, 0.4) is 0 Å². The van der Waals surface area contributed by atoms with Crippen molar-refractivity contribution in [1.29, 1.82) is 0 Å². The number of halogens is 1. The van der Waals surface area contributed by atoms with Gasteiger partial charge in [-0.15, -0.1) is 11.3 Å². The van der Waals surface area contributed by atoms with Gasteiger partial charge < -0.3 is 15.2 Å². The summed E-state index contributed by atoms with van der Waals surface area (Å²) in [4.78, 5) is 17.3. The van der Waals surface area contributed by atoms with Crippen molar-refractivity contribution in [2.24, 2.45) is 11.8 Å². The molecular formula is C38H37ClN2O3S. The average molecular weight is 637 g/mol. The minimum Gasteiger partial charge on any atom is -0.492 e. The molecule has 1 fully saturated rings. The highest BCUT2D eigenvalue weighted by molar-refractivity contribution is 7.17. The van der Waals surface area contributed by atoms with Crippen molar-refractivity contribution < 1.29 is 14.6 Å². The van der Waals surface area contributed by atoms with Crippen LogP contribution >= 0.6 is 22.9 Å². The molecule has 3 aromatic carbocycles. The van der Waals surface area contributed by atoms with Gasteiger partial charge in [-0.05, 0) is 115 Å². The summed E-state index contributed by atoms with van der Waals surface area (Å²) in [6.07, 6.45) is 7.49. The Bertz CT molecular complexity index is 1800. The van der Waals surface area contributed by atoms with Crippen LogP contribution in [-0.4, -0.2) is 28.2 Å². The zero-order valence-electron chi connectivity index (χ0n) is 25.1. The van der Waals surface area contributed by atoms with Crippen molar-refractivity contribution in [3.8, 4) is 5.75 Å². The fourth-order valence-corrected chi connectivity index (χ4v) is 8.95. The molecule has 2 aromatic heterocycles. The number of nitrogens with zero attached hydrogens (tertiary/aromatic N) is 1. The largest absolute Gasteiger partial charge is 0.492 e. The molecule has 230 valence electrons. The molecule has 0 amide bonds. The maximum atomic E-state index is 12.9. The standard InChI is InChI=1S/C38H37ClN2O3S/c39-30-10-6-11-31(24-30)41-38(36(42)43)17-15-37(16-18-38)29(23-28-9-4-5-12-32(28)37)22-27(21-26-7-2-1-3-8-26)25-44-34-13-19-40-33-14-20-45-35(33)34/h1-14,19-20,24,27,29,41H,15-18,21-23,25H2,(H,42,43)/t27-,29-,37?,38?/m0/s1. The predicted molar refractivity (Wildman–Crippen MR) is 183 cm³/mol. The first-order valence-corrected chi connectivity index (χ1v) is 17.0. The first-order chi connectivity index (χ1) is 21.9. The van der Waals surface area contributed by atoms with Gasteiger partial charge >= 0.3 is 5.97 Å². The second-order valence-corrected chi connectivity index (χ2v) is 14.1. The number of hydrogen-bond donors (Lipinski definition) is 2. The monoisotopic (exact) mass is 636 g/mol. The van der Waals surface area contributed by atoms with Gasteiger partial charge in [0.05, 0.1) is 16.8 Å². The van der Waals surface area contributed by atoms with E-state index in [1.807, 2.05) is 42.6 Å². The first kappa shape index (κ1) is 29.8. The summed E-state index contributed by atoms with van der Waals surface area (Å²) in [7, 11) is 0. The maximum Gasteiger partial charge on any atom is 0.329 e. The molecule has 5 nitrogen and oxygen atoms in total. The summed E-state index contributed by atoms with van der Waals surface area (Å²) < 4.78 is 7.68. The molecule has 0 radical (unpaired) electrons. The number of carboxylic acids is 1. The van der Waals surface area contributed by atoms with Gasteiger partial charge in [0, 0.05) is 16.9 Å². The van der Waals surface area contributed by atoms with Gasteiger partial charge in [-0.2, -0.15) is 0 Å².